The molecule has 0 bridgehead atoms. The van der Waals surface area contributed by atoms with E-state index in [0.717, 1.165) is 0 Å². The van der Waals surface area contributed by atoms with Crippen molar-refractivity contribution in [2.24, 2.45) is 0 Å². The van der Waals surface area contributed by atoms with Gasteiger partial charge in [0.1, 0.15) is 17.5 Å². The Labute approximate surface area is 126 Å². The van der Waals surface area contributed by atoms with Crippen LogP contribution in [0.3, 0.4) is 0 Å². The van der Waals surface area contributed by atoms with Crippen molar-refractivity contribution in [2.75, 3.05) is 53.7 Å². The Morgan fingerprint density at radius 1 is 1.20 bits per heavy atom. The van der Waals surface area contributed by atoms with Gasteiger partial charge in [-0.05, 0) is 0 Å². The number of esters is 2. The van der Waals surface area contributed by atoms with Crippen LogP contribution in [0.15, 0.2) is 0 Å². The number of rotatable bonds is 7. The van der Waals surface area contributed by atoms with E-state index >= 15 is 0 Å². The maximum absolute atomic E-state index is 12.2. The molecular formula is C12H20BrNO6. The van der Waals surface area contributed by atoms with Crippen LogP contribution in [0.5, 0.6) is 0 Å². The predicted molar refractivity (Wildman–Crippen MR) is 73.7 cm³/mol. The van der Waals surface area contributed by atoms with Gasteiger partial charge in [-0.25, -0.2) is 0 Å². The number of hydrogen-bond donors (Lipinski definition) is 0. The van der Waals surface area contributed by atoms with Gasteiger partial charge < -0.3 is 18.9 Å². The first-order chi connectivity index (χ1) is 9.61. The minimum Gasteiger partial charge on any atom is -0.468 e. The fourth-order valence-corrected chi connectivity index (χ4v) is 2.60. The molecule has 0 aromatic heterocycles. The molecule has 1 fully saturated rings. The van der Waals surface area contributed by atoms with Crippen LogP contribution in [-0.2, 0) is 28.5 Å². The highest BCUT2D eigenvalue weighted by atomic mass is 79.9. The van der Waals surface area contributed by atoms with Crippen molar-refractivity contribution in [1.82, 2.24) is 4.90 Å². The average molecular weight is 354 g/mol. The molecule has 8 heteroatoms. The van der Waals surface area contributed by atoms with E-state index < -0.39 is 22.8 Å². The van der Waals surface area contributed by atoms with E-state index in [2.05, 4.69) is 20.7 Å². The number of ether oxygens (including phenoxy) is 4. The van der Waals surface area contributed by atoms with Crippen molar-refractivity contribution in [3.8, 4) is 0 Å². The zero-order valence-corrected chi connectivity index (χ0v) is 13.3. The van der Waals surface area contributed by atoms with Gasteiger partial charge in [-0.15, -0.1) is 0 Å². The first-order valence-corrected chi connectivity index (χ1v) is 7.22. The van der Waals surface area contributed by atoms with E-state index in [1.54, 1.807) is 0 Å². The molecule has 0 radical (unpaired) electrons. The van der Waals surface area contributed by atoms with E-state index in [0.29, 0.717) is 32.9 Å². The minimum atomic E-state index is -0.777. The standard InChI is InChI=1S/C12H20BrNO6/c1-17-7-8-20-12(16)10(9(13)11(15)18-2)14-3-5-19-6-4-14/h9-10H,3-8H2,1-2H3. The topological polar surface area (TPSA) is 74.3 Å². The lowest BCUT2D eigenvalue weighted by molar-refractivity contribution is -0.157. The largest absolute Gasteiger partial charge is 0.468 e. The molecule has 1 heterocycles. The highest BCUT2D eigenvalue weighted by Gasteiger charge is 2.39. The van der Waals surface area contributed by atoms with E-state index in [1.807, 2.05) is 4.90 Å². The molecule has 1 aliphatic heterocycles. The van der Waals surface area contributed by atoms with Crippen LogP contribution in [0, 0.1) is 0 Å². The van der Waals surface area contributed by atoms with Gasteiger partial charge in [0.05, 0.1) is 26.9 Å². The molecule has 0 aliphatic carbocycles. The van der Waals surface area contributed by atoms with Crippen LogP contribution in [0.1, 0.15) is 0 Å². The number of alkyl halides is 1. The van der Waals surface area contributed by atoms with Crippen LogP contribution < -0.4 is 0 Å². The molecule has 1 rings (SSSR count). The summed E-state index contributed by atoms with van der Waals surface area (Å²) in [6.45, 7) is 2.61. The van der Waals surface area contributed by atoms with Crippen molar-refractivity contribution in [3.05, 3.63) is 0 Å². The third kappa shape index (κ3) is 5.01. The van der Waals surface area contributed by atoms with E-state index in [4.69, 9.17) is 14.2 Å². The van der Waals surface area contributed by atoms with Gasteiger partial charge in [0.15, 0.2) is 0 Å². The van der Waals surface area contributed by atoms with Crippen molar-refractivity contribution < 1.29 is 28.5 Å². The summed E-state index contributed by atoms with van der Waals surface area (Å²) in [5.74, 6) is -0.985. The van der Waals surface area contributed by atoms with Gasteiger partial charge >= 0.3 is 11.9 Å². The summed E-state index contributed by atoms with van der Waals surface area (Å²) in [6.07, 6.45) is 0. The highest BCUT2D eigenvalue weighted by molar-refractivity contribution is 9.10. The average Bonchev–Trinajstić information content (AvgIpc) is 2.48. The van der Waals surface area contributed by atoms with Crippen molar-refractivity contribution >= 4 is 27.9 Å². The Balaban J connectivity index is 2.71. The normalized spacial score (nSPS) is 19.1. The molecule has 116 valence electrons. The number of hydrogen-bond acceptors (Lipinski definition) is 7. The van der Waals surface area contributed by atoms with E-state index in [1.165, 1.54) is 14.2 Å². The number of morpholine rings is 1. The van der Waals surface area contributed by atoms with Gasteiger partial charge in [-0.3, -0.25) is 14.5 Å². The molecule has 0 saturated carbocycles. The zero-order chi connectivity index (χ0) is 15.0. The molecule has 1 aliphatic rings. The van der Waals surface area contributed by atoms with Crippen molar-refractivity contribution in [2.45, 2.75) is 10.9 Å². The Bertz CT molecular complexity index is 321. The van der Waals surface area contributed by atoms with Crippen molar-refractivity contribution in [1.29, 1.82) is 0 Å². The first kappa shape index (κ1) is 17.4. The second kappa shape index (κ2) is 9.28. The number of halogens is 1. The quantitative estimate of drug-likeness (QED) is 0.357. The summed E-state index contributed by atoms with van der Waals surface area (Å²) in [5.41, 5.74) is 0. The SMILES string of the molecule is COCCOC(=O)C(C(Br)C(=O)OC)N1CCOCC1. The third-order valence-corrected chi connectivity index (χ3v) is 3.79. The first-order valence-electron chi connectivity index (χ1n) is 6.31. The molecule has 0 N–H and O–H groups in total. The second-order valence-electron chi connectivity index (χ2n) is 4.18. The summed E-state index contributed by atoms with van der Waals surface area (Å²) >= 11 is 3.23. The van der Waals surface area contributed by atoms with E-state index in [9.17, 15) is 9.59 Å². The molecule has 2 unspecified atom stereocenters. The summed E-state index contributed by atoms with van der Waals surface area (Å²) in [6, 6.07) is -0.733. The van der Waals surface area contributed by atoms with Crippen LogP contribution >= 0.6 is 15.9 Å². The number of carbonyl (C=O) groups excluding carboxylic acids is 2. The molecule has 0 aromatic rings. The fourth-order valence-electron chi connectivity index (χ4n) is 1.86. The Morgan fingerprint density at radius 2 is 1.85 bits per heavy atom. The molecule has 20 heavy (non-hydrogen) atoms. The zero-order valence-electron chi connectivity index (χ0n) is 11.7. The lowest BCUT2D eigenvalue weighted by Crippen LogP contribution is -2.54. The maximum Gasteiger partial charge on any atom is 0.325 e. The molecule has 2 atom stereocenters. The van der Waals surface area contributed by atoms with E-state index in [-0.39, 0.29) is 6.61 Å². The molecule has 0 amide bonds. The molecule has 1 saturated heterocycles. The Hall–Kier alpha value is -0.700. The van der Waals surface area contributed by atoms with Crippen molar-refractivity contribution in [3.63, 3.8) is 0 Å². The summed E-state index contributed by atoms with van der Waals surface area (Å²) in [5, 5.41) is 0. The van der Waals surface area contributed by atoms with Gasteiger partial charge in [0.2, 0.25) is 0 Å². The fraction of sp³-hybridized carbons (Fsp3) is 0.833. The Morgan fingerprint density at radius 3 is 2.40 bits per heavy atom. The van der Waals surface area contributed by atoms with Crippen LogP contribution in [0.4, 0.5) is 0 Å². The van der Waals surface area contributed by atoms with Gasteiger partial charge in [-0.2, -0.15) is 0 Å². The molecule has 7 nitrogen and oxygen atoms in total. The lowest BCUT2D eigenvalue weighted by Gasteiger charge is -2.34. The summed E-state index contributed by atoms with van der Waals surface area (Å²) in [7, 11) is 2.80. The minimum absolute atomic E-state index is 0.150. The number of carbonyl (C=O) groups is 2. The van der Waals surface area contributed by atoms with Gasteiger partial charge in [0, 0.05) is 20.2 Å². The highest BCUT2D eigenvalue weighted by Crippen LogP contribution is 2.17. The molecular weight excluding hydrogens is 334 g/mol. The predicted octanol–water partition coefficient (Wildman–Crippen LogP) is -0.187. The summed E-state index contributed by atoms with van der Waals surface area (Å²) in [4.78, 5) is 24.9. The maximum atomic E-state index is 12.2. The van der Waals surface area contributed by atoms with Gasteiger partial charge in [-0.1, -0.05) is 15.9 Å². The molecule has 0 spiro atoms. The molecule has 0 aromatic carbocycles. The van der Waals surface area contributed by atoms with Crippen LogP contribution in [0.2, 0.25) is 0 Å². The summed E-state index contributed by atoms with van der Waals surface area (Å²) < 4.78 is 19.9. The lowest BCUT2D eigenvalue weighted by atomic mass is 10.1. The van der Waals surface area contributed by atoms with Crippen LogP contribution in [-0.4, -0.2) is 81.4 Å². The Kier molecular flexibility index (Phi) is 8.05. The number of nitrogens with zero attached hydrogens (tertiary/aromatic N) is 1. The number of methoxy groups -OCH3 is 2. The van der Waals surface area contributed by atoms with Crippen LogP contribution in [0.25, 0.3) is 0 Å². The van der Waals surface area contributed by atoms with Gasteiger partial charge in [0.25, 0.3) is 0 Å². The second-order valence-corrected chi connectivity index (χ2v) is 5.16. The monoisotopic (exact) mass is 353 g/mol. The smallest absolute Gasteiger partial charge is 0.325 e. The third-order valence-electron chi connectivity index (χ3n) is 2.92.